The summed E-state index contributed by atoms with van der Waals surface area (Å²) in [6.45, 7) is 10.7. The highest BCUT2D eigenvalue weighted by Gasteiger charge is 2.41. The van der Waals surface area contributed by atoms with Crippen LogP contribution in [0.2, 0.25) is 0 Å². The van der Waals surface area contributed by atoms with E-state index in [4.69, 9.17) is 19.9 Å². The first-order valence-corrected chi connectivity index (χ1v) is 13.0. The van der Waals surface area contributed by atoms with E-state index in [2.05, 4.69) is 12.2 Å². The topological polar surface area (TPSA) is 82.8 Å². The largest absolute Gasteiger partial charge is 0.352 e. The maximum atomic E-state index is 10.7. The Morgan fingerprint density at radius 2 is 1.13 bits per heavy atom. The van der Waals surface area contributed by atoms with Gasteiger partial charge in [0.15, 0.2) is 0 Å². The van der Waals surface area contributed by atoms with Crippen molar-refractivity contribution in [2.75, 3.05) is 26.4 Å². The Labute approximate surface area is 192 Å². The van der Waals surface area contributed by atoms with Crippen LogP contribution in [0.15, 0.2) is 0 Å². The lowest BCUT2D eigenvalue weighted by molar-refractivity contribution is -0.403. The summed E-state index contributed by atoms with van der Waals surface area (Å²) >= 11 is 0. The fraction of sp³-hybridized carbons (Fsp3) is 0.960. The molecule has 0 aliphatic rings. The fourth-order valence-corrected chi connectivity index (χ4v) is 4.19. The lowest BCUT2D eigenvalue weighted by Crippen LogP contribution is -2.46. The number of unbranched alkanes of at least 4 members (excludes halogenated alkanes) is 10. The molecule has 3 N–H and O–H groups in total. The summed E-state index contributed by atoms with van der Waals surface area (Å²) in [6, 6.07) is -0.433. The minimum atomic E-state index is -0.901. The molecule has 0 aromatic rings. The van der Waals surface area contributed by atoms with E-state index in [0.29, 0.717) is 26.4 Å². The molecule has 0 aliphatic heterocycles. The second kappa shape index (κ2) is 21.0. The smallest absolute Gasteiger partial charge is 0.312 e. The van der Waals surface area contributed by atoms with Gasteiger partial charge >= 0.3 is 6.03 Å². The SMILES string of the molecule is CCCCCCCCC(CCCCCCCCNC(N)=O)C(OCC)(OCC)OCC. The first-order valence-electron chi connectivity index (χ1n) is 13.0. The van der Waals surface area contributed by atoms with Crippen molar-refractivity contribution >= 4 is 6.03 Å². The lowest BCUT2D eigenvalue weighted by atomic mass is 9.91. The Hall–Kier alpha value is -0.850. The molecule has 6 heteroatoms. The highest BCUT2D eigenvalue weighted by molar-refractivity contribution is 5.71. The van der Waals surface area contributed by atoms with E-state index in [1.807, 2.05) is 20.8 Å². The highest BCUT2D eigenvalue weighted by Crippen LogP contribution is 2.34. The molecule has 1 unspecified atom stereocenters. The van der Waals surface area contributed by atoms with Gasteiger partial charge in [0, 0.05) is 32.3 Å². The summed E-state index contributed by atoms with van der Waals surface area (Å²) in [5.74, 6) is -0.638. The zero-order valence-electron chi connectivity index (χ0n) is 21.0. The van der Waals surface area contributed by atoms with Gasteiger partial charge in [0.2, 0.25) is 0 Å². The number of nitrogens with one attached hydrogen (secondary N) is 1. The zero-order chi connectivity index (χ0) is 23.2. The second-order valence-electron chi connectivity index (χ2n) is 8.36. The van der Waals surface area contributed by atoms with E-state index in [1.165, 1.54) is 57.8 Å². The molecule has 0 heterocycles. The van der Waals surface area contributed by atoms with Gasteiger partial charge in [-0.3, -0.25) is 0 Å². The number of amides is 2. The van der Waals surface area contributed by atoms with Gasteiger partial charge in [0.05, 0.1) is 0 Å². The predicted octanol–water partition coefficient (Wildman–Crippen LogP) is 6.52. The monoisotopic (exact) mass is 444 g/mol. The third kappa shape index (κ3) is 15.6. The van der Waals surface area contributed by atoms with E-state index >= 15 is 0 Å². The molecule has 0 bridgehead atoms. The lowest BCUT2D eigenvalue weighted by Gasteiger charge is -2.39. The van der Waals surface area contributed by atoms with Crippen LogP contribution in [0, 0.1) is 5.92 Å². The molecule has 0 spiro atoms. The molecule has 0 saturated heterocycles. The maximum Gasteiger partial charge on any atom is 0.312 e. The maximum absolute atomic E-state index is 10.7. The molecule has 0 fully saturated rings. The van der Waals surface area contributed by atoms with Crippen molar-refractivity contribution < 1.29 is 19.0 Å². The molecular weight excluding hydrogens is 392 g/mol. The van der Waals surface area contributed by atoms with Crippen LogP contribution in [-0.4, -0.2) is 38.4 Å². The molecule has 0 aromatic heterocycles. The normalized spacial score (nSPS) is 12.8. The van der Waals surface area contributed by atoms with Gasteiger partial charge in [-0.15, -0.1) is 0 Å². The number of ether oxygens (including phenoxy) is 3. The van der Waals surface area contributed by atoms with Crippen molar-refractivity contribution in [1.29, 1.82) is 0 Å². The number of carbonyl (C=O) groups is 1. The average molecular weight is 445 g/mol. The summed E-state index contributed by atoms with van der Waals surface area (Å²) < 4.78 is 18.4. The fourth-order valence-electron chi connectivity index (χ4n) is 4.19. The van der Waals surface area contributed by atoms with E-state index in [0.717, 1.165) is 32.1 Å². The Kier molecular flexibility index (Phi) is 20.4. The summed E-state index contributed by atoms with van der Waals surface area (Å²) in [7, 11) is 0. The van der Waals surface area contributed by atoms with Crippen molar-refractivity contribution in [3.63, 3.8) is 0 Å². The molecular formula is C25H52N2O4. The van der Waals surface area contributed by atoms with Crippen LogP contribution in [0.5, 0.6) is 0 Å². The Morgan fingerprint density at radius 3 is 1.55 bits per heavy atom. The Morgan fingerprint density at radius 1 is 0.710 bits per heavy atom. The van der Waals surface area contributed by atoms with Crippen LogP contribution in [0.4, 0.5) is 4.79 Å². The third-order valence-corrected chi connectivity index (χ3v) is 5.72. The van der Waals surface area contributed by atoms with Gasteiger partial charge in [-0.05, 0) is 40.0 Å². The number of rotatable bonds is 23. The molecule has 31 heavy (non-hydrogen) atoms. The number of carbonyl (C=O) groups excluding carboxylic acids is 1. The van der Waals surface area contributed by atoms with E-state index in [9.17, 15) is 4.79 Å². The summed E-state index contributed by atoms with van der Waals surface area (Å²) in [6.07, 6.45) is 16.8. The van der Waals surface area contributed by atoms with Gasteiger partial charge in [0.25, 0.3) is 5.97 Å². The van der Waals surface area contributed by atoms with E-state index in [-0.39, 0.29) is 5.92 Å². The number of urea groups is 1. The van der Waals surface area contributed by atoms with Crippen molar-refractivity contribution in [2.45, 2.75) is 124 Å². The first kappa shape index (κ1) is 30.1. The van der Waals surface area contributed by atoms with Crippen LogP contribution in [0.3, 0.4) is 0 Å². The van der Waals surface area contributed by atoms with Crippen LogP contribution >= 0.6 is 0 Å². The second-order valence-corrected chi connectivity index (χ2v) is 8.36. The molecule has 0 saturated carbocycles. The van der Waals surface area contributed by atoms with Crippen LogP contribution in [-0.2, 0) is 14.2 Å². The summed E-state index contributed by atoms with van der Waals surface area (Å²) in [4.78, 5) is 10.7. The van der Waals surface area contributed by atoms with Gasteiger partial charge in [0.1, 0.15) is 0 Å². The minimum Gasteiger partial charge on any atom is -0.352 e. The number of hydrogen-bond acceptors (Lipinski definition) is 4. The molecule has 0 radical (unpaired) electrons. The van der Waals surface area contributed by atoms with Crippen LogP contribution in [0.1, 0.15) is 118 Å². The summed E-state index contributed by atoms with van der Waals surface area (Å²) in [5.41, 5.74) is 5.08. The predicted molar refractivity (Wildman–Crippen MR) is 129 cm³/mol. The van der Waals surface area contributed by atoms with Crippen LogP contribution in [0.25, 0.3) is 0 Å². The standard InChI is InChI=1S/C25H52N2O4/c1-5-9-10-11-14-17-20-23(25(29-6-2,30-7-3)31-8-4)21-18-15-12-13-16-19-22-27-24(26)28/h23H,5-22H2,1-4H3,(H3,26,27,28). The molecule has 0 aromatic carbocycles. The van der Waals surface area contributed by atoms with Crippen molar-refractivity contribution in [2.24, 2.45) is 11.7 Å². The zero-order valence-corrected chi connectivity index (χ0v) is 21.0. The van der Waals surface area contributed by atoms with E-state index < -0.39 is 12.0 Å². The first-order chi connectivity index (χ1) is 15.1. The van der Waals surface area contributed by atoms with Crippen molar-refractivity contribution in [3.05, 3.63) is 0 Å². The molecule has 6 nitrogen and oxygen atoms in total. The molecule has 0 rings (SSSR count). The summed E-state index contributed by atoms with van der Waals surface area (Å²) in [5, 5.41) is 2.65. The number of nitrogens with two attached hydrogens (primary N) is 1. The van der Waals surface area contributed by atoms with Gasteiger partial charge < -0.3 is 25.3 Å². The Bertz CT molecular complexity index is 390. The number of primary amides is 1. The van der Waals surface area contributed by atoms with Crippen LogP contribution < -0.4 is 11.1 Å². The Balaban J connectivity index is 4.55. The van der Waals surface area contributed by atoms with Crippen molar-refractivity contribution in [1.82, 2.24) is 5.32 Å². The third-order valence-electron chi connectivity index (χ3n) is 5.72. The van der Waals surface area contributed by atoms with E-state index in [1.54, 1.807) is 0 Å². The minimum absolute atomic E-state index is 0.262. The molecule has 2 amide bonds. The van der Waals surface area contributed by atoms with Gasteiger partial charge in [-0.2, -0.15) is 0 Å². The van der Waals surface area contributed by atoms with Gasteiger partial charge in [-0.25, -0.2) is 4.79 Å². The van der Waals surface area contributed by atoms with Gasteiger partial charge in [-0.1, -0.05) is 77.6 Å². The average Bonchev–Trinajstić information content (AvgIpc) is 2.73. The molecule has 186 valence electrons. The molecule has 1 atom stereocenters. The van der Waals surface area contributed by atoms with Crippen molar-refractivity contribution in [3.8, 4) is 0 Å². The molecule has 0 aliphatic carbocycles. The quantitative estimate of drug-likeness (QED) is 0.139. The highest BCUT2D eigenvalue weighted by atomic mass is 16.9. The number of hydrogen-bond donors (Lipinski definition) is 2.